The molecule has 0 bridgehead atoms. The van der Waals surface area contributed by atoms with Gasteiger partial charge in [-0.25, -0.2) is 12.7 Å². The summed E-state index contributed by atoms with van der Waals surface area (Å²) >= 11 is 0. The Morgan fingerprint density at radius 1 is 1.10 bits per heavy atom. The smallest absolute Gasteiger partial charge is 0.257 e. The molecule has 8 nitrogen and oxygen atoms in total. The van der Waals surface area contributed by atoms with Crippen LogP contribution in [0.15, 0.2) is 39.6 Å². The summed E-state index contributed by atoms with van der Waals surface area (Å²) < 4.78 is 36.6. The van der Waals surface area contributed by atoms with Gasteiger partial charge in [-0.3, -0.25) is 9.69 Å². The van der Waals surface area contributed by atoms with Crippen molar-refractivity contribution in [3.63, 3.8) is 0 Å². The number of piperazine rings is 1. The first-order valence-electron chi connectivity index (χ1n) is 9.92. The molecule has 9 heteroatoms. The number of carbonyl (C=O) groups excluding carboxylic acids is 1. The van der Waals surface area contributed by atoms with Crippen molar-refractivity contribution in [1.29, 1.82) is 0 Å². The molecule has 1 saturated heterocycles. The molecule has 164 valence electrons. The summed E-state index contributed by atoms with van der Waals surface area (Å²) in [6.07, 6.45) is 0. The summed E-state index contributed by atoms with van der Waals surface area (Å²) in [5.41, 5.74) is 0.643. The van der Waals surface area contributed by atoms with Gasteiger partial charge in [-0.1, -0.05) is 0 Å². The molecule has 2 heterocycles. The molecule has 2 aromatic rings. The second kappa shape index (κ2) is 9.20. The Morgan fingerprint density at radius 3 is 2.27 bits per heavy atom. The molecular weight excluding hydrogens is 406 g/mol. The van der Waals surface area contributed by atoms with Crippen molar-refractivity contribution in [1.82, 2.24) is 14.1 Å². The third kappa shape index (κ3) is 5.03. The number of amides is 1. The highest BCUT2D eigenvalue weighted by Crippen LogP contribution is 2.19. The van der Waals surface area contributed by atoms with Crippen LogP contribution in [0.5, 0.6) is 5.75 Å². The van der Waals surface area contributed by atoms with E-state index in [1.165, 1.54) is 18.4 Å². The third-order valence-corrected chi connectivity index (χ3v) is 7.04. The maximum Gasteiger partial charge on any atom is 0.257 e. The van der Waals surface area contributed by atoms with Crippen molar-refractivity contribution in [2.45, 2.75) is 18.7 Å². The van der Waals surface area contributed by atoms with Crippen LogP contribution in [0, 0.1) is 13.8 Å². The lowest BCUT2D eigenvalue weighted by molar-refractivity contribution is 0.0618. The number of sulfonamides is 1. The molecule has 0 aliphatic carbocycles. The van der Waals surface area contributed by atoms with Gasteiger partial charge in [-0.15, -0.1) is 0 Å². The van der Waals surface area contributed by atoms with Crippen LogP contribution in [-0.2, 0) is 10.0 Å². The Balaban J connectivity index is 1.44. The molecular formula is C21H29N3O5S. The van der Waals surface area contributed by atoms with Crippen molar-refractivity contribution in [2.24, 2.45) is 0 Å². The standard InChI is InChI=1S/C21H29N3O5S/c1-16-15-20(17(2)29-16)21(25)24-11-9-23(10-12-24)13-14-28-18-5-7-19(8-6-18)30(26,27)22(3)4/h5-8,15H,9-14H2,1-4H3. The van der Waals surface area contributed by atoms with E-state index >= 15 is 0 Å². The fourth-order valence-electron chi connectivity index (χ4n) is 3.40. The minimum Gasteiger partial charge on any atom is -0.492 e. The van der Waals surface area contributed by atoms with Crippen molar-refractivity contribution in [3.05, 3.63) is 47.4 Å². The van der Waals surface area contributed by atoms with Gasteiger partial charge in [0.1, 0.15) is 23.9 Å². The van der Waals surface area contributed by atoms with E-state index < -0.39 is 10.0 Å². The van der Waals surface area contributed by atoms with Gasteiger partial charge in [0.2, 0.25) is 10.0 Å². The normalized spacial score (nSPS) is 15.6. The van der Waals surface area contributed by atoms with E-state index in [1.54, 1.807) is 30.3 Å². The predicted octanol–water partition coefficient (Wildman–Crippen LogP) is 1.98. The zero-order chi connectivity index (χ0) is 21.9. The number of ether oxygens (including phenoxy) is 1. The molecule has 1 amide bonds. The van der Waals surface area contributed by atoms with Crippen LogP contribution in [-0.4, -0.2) is 81.9 Å². The number of hydrogen-bond donors (Lipinski definition) is 0. The first-order valence-corrected chi connectivity index (χ1v) is 11.4. The summed E-state index contributed by atoms with van der Waals surface area (Å²) in [5, 5.41) is 0. The number of benzene rings is 1. The largest absolute Gasteiger partial charge is 0.492 e. The molecule has 1 aliphatic heterocycles. The summed E-state index contributed by atoms with van der Waals surface area (Å²) in [6, 6.07) is 8.24. The van der Waals surface area contributed by atoms with Crippen LogP contribution >= 0.6 is 0 Å². The highest BCUT2D eigenvalue weighted by atomic mass is 32.2. The highest BCUT2D eigenvalue weighted by Gasteiger charge is 2.24. The molecule has 0 saturated carbocycles. The quantitative estimate of drug-likeness (QED) is 0.661. The van der Waals surface area contributed by atoms with E-state index in [-0.39, 0.29) is 10.8 Å². The Labute approximate surface area is 178 Å². The average molecular weight is 436 g/mol. The van der Waals surface area contributed by atoms with Gasteiger partial charge in [0, 0.05) is 46.8 Å². The lowest BCUT2D eigenvalue weighted by Gasteiger charge is -2.34. The highest BCUT2D eigenvalue weighted by molar-refractivity contribution is 7.89. The maximum atomic E-state index is 12.7. The molecule has 0 radical (unpaired) electrons. The zero-order valence-corrected chi connectivity index (χ0v) is 18.7. The Morgan fingerprint density at radius 2 is 1.73 bits per heavy atom. The van der Waals surface area contributed by atoms with Gasteiger partial charge in [-0.2, -0.15) is 0 Å². The number of rotatable bonds is 7. The predicted molar refractivity (Wildman–Crippen MR) is 113 cm³/mol. The molecule has 1 fully saturated rings. The fraction of sp³-hybridized carbons (Fsp3) is 0.476. The summed E-state index contributed by atoms with van der Waals surface area (Å²) in [5.74, 6) is 2.07. The second-order valence-corrected chi connectivity index (χ2v) is 9.72. The molecule has 1 aliphatic rings. The van der Waals surface area contributed by atoms with Gasteiger partial charge < -0.3 is 14.1 Å². The molecule has 1 aromatic heterocycles. The van der Waals surface area contributed by atoms with Gasteiger partial charge in [-0.05, 0) is 44.2 Å². The summed E-state index contributed by atoms with van der Waals surface area (Å²) in [4.78, 5) is 17.0. The van der Waals surface area contributed by atoms with Crippen molar-refractivity contribution in [3.8, 4) is 5.75 Å². The van der Waals surface area contributed by atoms with E-state index in [0.29, 0.717) is 36.8 Å². The lowest BCUT2D eigenvalue weighted by Crippen LogP contribution is -2.49. The Kier molecular flexibility index (Phi) is 6.84. The van der Waals surface area contributed by atoms with Crippen LogP contribution < -0.4 is 4.74 Å². The summed E-state index contributed by atoms with van der Waals surface area (Å²) in [7, 11) is -0.425. The van der Waals surface area contributed by atoms with Crippen molar-refractivity contribution >= 4 is 15.9 Å². The van der Waals surface area contributed by atoms with E-state index in [1.807, 2.05) is 18.7 Å². The second-order valence-electron chi connectivity index (χ2n) is 7.57. The Bertz CT molecular complexity index is 975. The van der Waals surface area contributed by atoms with E-state index in [9.17, 15) is 13.2 Å². The fourth-order valence-corrected chi connectivity index (χ4v) is 4.30. The topological polar surface area (TPSA) is 83.3 Å². The molecule has 1 aromatic carbocycles. The van der Waals surface area contributed by atoms with Crippen LogP contribution in [0.2, 0.25) is 0 Å². The molecule has 30 heavy (non-hydrogen) atoms. The van der Waals surface area contributed by atoms with Crippen molar-refractivity contribution < 1.29 is 22.4 Å². The van der Waals surface area contributed by atoms with Gasteiger partial charge in [0.25, 0.3) is 5.91 Å². The third-order valence-electron chi connectivity index (χ3n) is 5.21. The van der Waals surface area contributed by atoms with Crippen LogP contribution in [0.4, 0.5) is 0 Å². The van der Waals surface area contributed by atoms with Gasteiger partial charge in [0.05, 0.1) is 10.5 Å². The monoisotopic (exact) mass is 435 g/mol. The molecule has 0 unspecified atom stereocenters. The molecule has 3 rings (SSSR count). The number of hydrogen-bond acceptors (Lipinski definition) is 6. The SMILES string of the molecule is Cc1cc(C(=O)N2CCN(CCOc3ccc(S(=O)(=O)N(C)C)cc3)CC2)c(C)o1. The molecule has 0 N–H and O–H groups in total. The van der Waals surface area contributed by atoms with Crippen LogP contribution in [0.25, 0.3) is 0 Å². The minimum atomic E-state index is -3.43. The number of nitrogens with zero attached hydrogens (tertiary/aromatic N) is 3. The average Bonchev–Trinajstić information content (AvgIpc) is 3.06. The Hall–Kier alpha value is -2.36. The van der Waals surface area contributed by atoms with Crippen LogP contribution in [0.1, 0.15) is 21.9 Å². The van der Waals surface area contributed by atoms with E-state index in [2.05, 4.69) is 4.90 Å². The first-order chi connectivity index (χ1) is 14.2. The number of aryl methyl sites for hydroxylation is 2. The number of furan rings is 1. The maximum absolute atomic E-state index is 12.7. The first kappa shape index (κ1) is 22.3. The van der Waals surface area contributed by atoms with Crippen LogP contribution in [0.3, 0.4) is 0 Å². The zero-order valence-electron chi connectivity index (χ0n) is 17.9. The molecule has 0 atom stereocenters. The van der Waals surface area contributed by atoms with Gasteiger partial charge >= 0.3 is 0 Å². The number of carbonyl (C=O) groups is 1. The molecule has 0 spiro atoms. The van der Waals surface area contributed by atoms with E-state index in [4.69, 9.17) is 9.15 Å². The van der Waals surface area contributed by atoms with E-state index in [0.717, 1.165) is 25.4 Å². The minimum absolute atomic E-state index is 0.0213. The van der Waals surface area contributed by atoms with Crippen molar-refractivity contribution in [2.75, 3.05) is 53.4 Å². The lowest BCUT2D eigenvalue weighted by atomic mass is 10.2. The summed E-state index contributed by atoms with van der Waals surface area (Å²) in [6.45, 7) is 7.79. The van der Waals surface area contributed by atoms with Gasteiger partial charge in [0.15, 0.2) is 0 Å².